The lowest BCUT2D eigenvalue weighted by Gasteiger charge is -2.07. The van der Waals surface area contributed by atoms with Crippen LogP contribution >= 0.6 is 0 Å². The molecule has 0 atom stereocenters. The number of nitro groups is 1. The van der Waals surface area contributed by atoms with Crippen LogP contribution in [0.25, 0.3) is 22.7 Å². The minimum atomic E-state index is -0.483. The number of aromatic nitrogens is 4. The van der Waals surface area contributed by atoms with E-state index in [2.05, 4.69) is 10.2 Å². The highest BCUT2D eigenvalue weighted by Crippen LogP contribution is 2.22. The molecule has 0 N–H and O–H groups in total. The smallest absolute Gasteiger partial charge is 0.300 e. The lowest BCUT2D eigenvalue weighted by Crippen LogP contribution is -2.20. The van der Waals surface area contributed by atoms with Crippen LogP contribution in [0.1, 0.15) is 0 Å². The van der Waals surface area contributed by atoms with Gasteiger partial charge in [0.05, 0.1) is 12.0 Å². The van der Waals surface area contributed by atoms with Gasteiger partial charge in [-0.15, -0.1) is 10.2 Å². The molecule has 0 radical (unpaired) electrons. The minimum absolute atomic E-state index is 0.0594. The summed E-state index contributed by atoms with van der Waals surface area (Å²) in [6.45, 7) is 0. The van der Waals surface area contributed by atoms with Crippen molar-refractivity contribution in [1.29, 1.82) is 0 Å². The summed E-state index contributed by atoms with van der Waals surface area (Å²) in [5.41, 5.74) is 0.860. The molecule has 0 saturated carbocycles. The van der Waals surface area contributed by atoms with Crippen molar-refractivity contribution < 1.29 is 9.66 Å². The lowest BCUT2D eigenvalue weighted by atomic mass is 10.2. The Hall–Kier alpha value is -4.01. The molecule has 134 valence electrons. The average molecular weight is 363 g/mol. The van der Waals surface area contributed by atoms with Gasteiger partial charge in [-0.2, -0.15) is 0 Å². The van der Waals surface area contributed by atoms with E-state index in [1.54, 1.807) is 55.9 Å². The predicted octanol–water partition coefficient (Wildman–Crippen LogP) is 2.46. The largest absolute Gasteiger partial charge is 0.497 e. The highest BCUT2D eigenvalue weighted by Gasteiger charge is 2.15. The molecule has 0 aliphatic carbocycles. The summed E-state index contributed by atoms with van der Waals surface area (Å²) in [4.78, 5) is 23.3. The van der Waals surface area contributed by atoms with Crippen molar-refractivity contribution in [3.63, 3.8) is 0 Å². The Kier molecular flexibility index (Phi) is 3.88. The molecule has 27 heavy (non-hydrogen) atoms. The number of hydrogen-bond acceptors (Lipinski definition) is 6. The first-order chi connectivity index (χ1) is 13.1. The van der Waals surface area contributed by atoms with Crippen molar-refractivity contribution in [3.05, 3.63) is 81.4 Å². The number of rotatable bonds is 4. The molecule has 0 amide bonds. The van der Waals surface area contributed by atoms with Gasteiger partial charge in [0.2, 0.25) is 5.65 Å². The van der Waals surface area contributed by atoms with Gasteiger partial charge in [0.15, 0.2) is 5.82 Å². The van der Waals surface area contributed by atoms with E-state index in [9.17, 15) is 14.9 Å². The topological polar surface area (TPSA) is 105 Å². The second-order valence-corrected chi connectivity index (χ2v) is 5.70. The van der Waals surface area contributed by atoms with E-state index in [4.69, 9.17) is 4.74 Å². The Balaban J connectivity index is 1.83. The molecule has 0 aliphatic rings. The highest BCUT2D eigenvalue weighted by atomic mass is 16.6. The van der Waals surface area contributed by atoms with Crippen LogP contribution < -0.4 is 10.3 Å². The van der Waals surface area contributed by atoms with Crippen LogP contribution in [0.15, 0.2) is 65.7 Å². The fourth-order valence-corrected chi connectivity index (χ4v) is 2.79. The van der Waals surface area contributed by atoms with Gasteiger partial charge in [-0.25, -0.2) is 0 Å². The Morgan fingerprint density at radius 2 is 1.85 bits per heavy atom. The van der Waals surface area contributed by atoms with Gasteiger partial charge in [0.25, 0.3) is 5.69 Å². The third kappa shape index (κ3) is 2.80. The molecule has 2 aromatic heterocycles. The van der Waals surface area contributed by atoms with E-state index in [-0.39, 0.29) is 16.9 Å². The molecule has 0 unspecified atom stereocenters. The van der Waals surface area contributed by atoms with Gasteiger partial charge in [-0.1, -0.05) is 12.1 Å². The van der Waals surface area contributed by atoms with Crippen molar-refractivity contribution in [2.75, 3.05) is 7.11 Å². The molecule has 9 nitrogen and oxygen atoms in total. The van der Waals surface area contributed by atoms with Crippen molar-refractivity contribution >= 4 is 11.3 Å². The minimum Gasteiger partial charge on any atom is -0.497 e. The number of non-ortho nitro benzene ring substituents is 1. The molecule has 4 aromatic rings. The molecule has 0 bridgehead atoms. The quantitative estimate of drug-likeness (QED) is 0.407. The molecular weight excluding hydrogens is 350 g/mol. The maximum atomic E-state index is 12.8. The maximum absolute atomic E-state index is 12.8. The van der Waals surface area contributed by atoms with Crippen LogP contribution in [0.3, 0.4) is 0 Å². The molecular formula is C18H13N5O4. The van der Waals surface area contributed by atoms with Crippen LogP contribution in [0.2, 0.25) is 0 Å². The summed E-state index contributed by atoms with van der Waals surface area (Å²) >= 11 is 0. The van der Waals surface area contributed by atoms with E-state index in [1.807, 2.05) is 0 Å². The first-order valence-corrected chi connectivity index (χ1v) is 7.94. The summed E-state index contributed by atoms with van der Waals surface area (Å²) < 4.78 is 8.08. The zero-order chi connectivity index (χ0) is 19.0. The number of nitro benzene ring substituents is 1. The van der Waals surface area contributed by atoms with Gasteiger partial charge < -0.3 is 4.74 Å². The normalized spacial score (nSPS) is 10.9. The number of fused-ring (bicyclic) bond motifs is 1. The fourth-order valence-electron chi connectivity index (χ4n) is 2.79. The summed E-state index contributed by atoms with van der Waals surface area (Å²) in [7, 11) is 1.57. The van der Waals surface area contributed by atoms with Gasteiger partial charge in [-0.3, -0.25) is 23.9 Å². The van der Waals surface area contributed by atoms with Crippen molar-refractivity contribution in [2.24, 2.45) is 0 Å². The van der Waals surface area contributed by atoms with E-state index in [0.717, 1.165) is 0 Å². The van der Waals surface area contributed by atoms with Crippen LogP contribution in [0, 0.1) is 10.1 Å². The Morgan fingerprint density at radius 3 is 2.56 bits per heavy atom. The third-order valence-electron chi connectivity index (χ3n) is 4.14. The van der Waals surface area contributed by atoms with Crippen LogP contribution in [-0.4, -0.2) is 31.2 Å². The Labute approximate surface area is 152 Å². The number of ether oxygens (including phenoxy) is 1. The van der Waals surface area contributed by atoms with Crippen molar-refractivity contribution in [3.8, 4) is 22.8 Å². The molecule has 2 heterocycles. The molecule has 0 aliphatic heterocycles. The highest BCUT2D eigenvalue weighted by molar-refractivity contribution is 5.62. The second kappa shape index (κ2) is 6.37. The number of hydrogen-bond donors (Lipinski definition) is 0. The number of nitrogens with zero attached hydrogens (tertiary/aromatic N) is 5. The lowest BCUT2D eigenvalue weighted by molar-refractivity contribution is -0.384. The van der Waals surface area contributed by atoms with Gasteiger partial charge in [0.1, 0.15) is 5.75 Å². The zero-order valence-electron chi connectivity index (χ0n) is 14.1. The van der Waals surface area contributed by atoms with Gasteiger partial charge >= 0.3 is 5.56 Å². The fraction of sp³-hybridized carbons (Fsp3) is 0.0556. The number of methoxy groups -OCH3 is 1. The van der Waals surface area contributed by atoms with E-state index < -0.39 is 4.92 Å². The molecule has 0 saturated heterocycles. The Morgan fingerprint density at radius 1 is 1.07 bits per heavy atom. The molecule has 0 fully saturated rings. The van der Waals surface area contributed by atoms with Crippen molar-refractivity contribution in [2.45, 2.75) is 0 Å². The number of benzene rings is 2. The summed E-state index contributed by atoms with van der Waals surface area (Å²) in [6.07, 6.45) is 3.25. The van der Waals surface area contributed by atoms with E-state index in [0.29, 0.717) is 22.8 Å². The predicted molar refractivity (Wildman–Crippen MR) is 97.2 cm³/mol. The monoisotopic (exact) mass is 363 g/mol. The van der Waals surface area contributed by atoms with Crippen LogP contribution in [0.4, 0.5) is 5.69 Å². The summed E-state index contributed by atoms with van der Waals surface area (Å²) in [5, 5.41) is 19.0. The van der Waals surface area contributed by atoms with Crippen LogP contribution in [0.5, 0.6) is 5.75 Å². The average Bonchev–Trinajstić information content (AvgIpc) is 3.13. The molecule has 9 heteroatoms. The maximum Gasteiger partial charge on any atom is 0.300 e. The van der Waals surface area contributed by atoms with Gasteiger partial charge in [0, 0.05) is 35.8 Å². The summed E-state index contributed by atoms with van der Waals surface area (Å²) in [6, 6.07) is 13.1. The SMILES string of the molecule is COc1ccc(-n2ccn3c(-c4cccc([N+](=O)[O-])c4)nnc3c2=O)cc1. The first kappa shape index (κ1) is 16.5. The third-order valence-corrected chi connectivity index (χ3v) is 4.14. The van der Waals surface area contributed by atoms with Gasteiger partial charge in [-0.05, 0) is 24.3 Å². The molecule has 2 aromatic carbocycles. The first-order valence-electron chi connectivity index (χ1n) is 7.94. The van der Waals surface area contributed by atoms with E-state index in [1.165, 1.54) is 21.1 Å². The zero-order valence-corrected chi connectivity index (χ0v) is 14.1. The summed E-state index contributed by atoms with van der Waals surface area (Å²) in [5.74, 6) is 1.04. The second-order valence-electron chi connectivity index (χ2n) is 5.70. The van der Waals surface area contributed by atoms with Crippen molar-refractivity contribution in [1.82, 2.24) is 19.2 Å². The van der Waals surface area contributed by atoms with Crippen LogP contribution in [-0.2, 0) is 0 Å². The molecule has 0 spiro atoms. The Bertz CT molecular complexity index is 1210. The standard InChI is InChI=1S/C18H13N5O4/c1-27-15-7-5-13(6-8-15)21-9-10-22-16(19-20-17(22)18(21)24)12-3-2-4-14(11-12)23(25)26/h2-11H,1H3. The molecule has 4 rings (SSSR count). The van der Waals surface area contributed by atoms with E-state index >= 15 is 0 Å².